The molecule has 0 bridgehead atoms. The van der Waals surface area contributed by atoms with Gasteiger partial charge < -0.3 is 19.3 Å². The van der Waals surface area contributed by atoms with Gasteiger partial charge in [-0.2, -0.15) is 0 Å². The van der Waals surface area contributed by atoms with Gasteiger partial charge in [0.1, 0.15) is 6.10 Å². The monoisotopic (exact) mass is 327 g/mol. The fraction of sp³-hybridized carbons (Fsp3) is 0.875. The molecule has 0 saturated carbocycles. The summed E-state index contributed by atoms with van der Waals surface area (Å²) < 4.78 is 10.5. The van der Waals surface area contributed by atoms with Crippen LogP contribution in [0.25, 0.3) is 0 Å². The smallest absolute Gasteiger partial charge is 0.410 e. The maximum absolute atomic E-state index is 11.9. The highest BCUT2D eigenvalue weighted by Gasteiger charge is 2.37. The van der Waals surface area contributed by atoms with E-state index in [1.165, 1.54) is 0 Å². The van der Waals surface area contributed by atoms with Crippen LogP contribution in [-0.4, -0.2) is 84.9 Å². The third-order valence-corrected chi connectivity index (χ3v) is 4.67. The Morgan fingerprint density at radius 1 is 1.09 bits per heavy atom. The first-order valence-electron chi connectivity index (χ1n) is 8.70. The second-order valence-corrected chi connectivity index (χ2v) is 6.05. The summed E-state index contributed by atoms with van der Waals surface area (Å²) in [4.78, 5) is 29.4. The molecule has 2 aliphatic rings. The summed E-state index contributed by atoms with van der Waals surface area (Å²) in [5.74, 6) is 0. The van der Waals surface area contributed by atoms with Crippen molar-refractivity contribution >= 4 is 12.2 Å². The van der Waals surface area contributed by atoms with E-state index in [0.29, 0.717) is 25.7 Å². The Labute approximate surface area is 138 Å². The van der Waals surface area contributed by atoms with Crippen LogP contribution < -0.4 is 0 Å². The van der Waals surface area contributed by atoms with E-state index < -0.39 is 0 Å². The van der Waals surface area contributed by atoms with E-state index in [9.17, 15) is 9.59 Å². The Hall–Kier alpha value is -1.50. The van der Waals surface area contributed by atoms with Gasteiger partial charge >= 0.3 is 12.2 Å². The molecule has 0 aromatic carbocycles. The van der Waals surface area contributed by atoms with Crippen LogP contribution in [0.15, 0.2) is 0 Å². The predicted molar refractivity (Wildman–Crippen MR) is 86.4 cm³/mol. The maximum atomic E-state index is 11.9. The van der Waals surface area contributed by atoms with E-state index >= 15 is 0 Å². The van der Waals surface area contributed by atoms with Crippen molar-refractivity contribution in [1.82, 2.24) is 14.7 Å². The third-order valence-electron chi connectivity index (χ3n) is 4.67. The van der Waals surface area contributed by atoms with Crippen molar-refractivity contribution in [2.75, 3.05) is 45.9 Å². The second kappa shape index (κ2) is 8.38. The molecule has 2 amide bonds. The van der Waals surface area contributed by atoms with Crippen molar-refractivity contribution in [3.8, 4) is 0 Å². The Bertz CT molecular complexity index is 400. The highest BCUT2D eigenvalue weighted by Crippen LogP contribution is 2.24. The molecule has 2 saturated heterocycles. The molecule has 2 fully saturated rings. The molecule has 2 aliphatic heterocycles. The predicted octanol–water partition coefficient (Wildman–Crippen LogP) is 1.77. The van der Waals surface area contributed by atoms with Crippen molar-refractivity contribution in [3.05, 3.63) is 0 Å². The number of hydrogen-bond donors (Lipinski definition) is 0. The van der Waals surface area contributed by atoms with Gasteiger partial charge in [-0.1, -0.05) is 0 Å². The van der Waals surface area contributed by atoms with E-state index in [1.54, 1.807) is 9.80 Å². The zero-order chi connectivity index (χ0) is 16.8. The summed E-state index contributed by atoms with van der Waals surface area (Å²) in [6.45, 7) is 10.6. The molecular formula is C16H29N3O4. The highest BCUT2D eigenvalue weighted by atomic mass is 16.6. The van der Waals surface area contributed by atoms with Crippen LogP contribution in [0.1, 0.15) is 33.6 Å². The number of ether oxygens (including phenoxy) is 2. The van der Waals surface area contributed by atoms with Crippen LogP contribution in [0.5, 0.6) is 0 Å². The molecule has 7 nitrogen and oxygen atoms in total. The summed E-state index contributed by atoms with van der Waals surface area (Å²) in [6, 6.07) is 0.476. The summed E-state index contributed by atoms with van der Waals surface area (Å²) >= 11 is 0. The average molecular weight is 327 g/mol. The maximum Gasteiger partial charge on any atom is 0.410 e. The molecule has 0 radical (unpaired) electrons. The first-order valence-corrected chi connectivity index (χ1v) is 8.70. The molecule has 0 atom stereocenters. The summed E-state index contributed by atoms with van der Waals surface area (Å²) in [6.07, 6.45) is 1.49. The zero-order valence-electron chi connectivity index (χ0n) is 14.5. The van der Waals surface area contributed by atoms with E-state index in [-0.39, 0.29) is 18.3 Å². The minimum Gasteiger partial charge on any atom is -0.450 e. The van der Waals surface area contributed by atoms with Crippen molar-refractivity contribution in [2.45, 2.75) is 45.8 Å². The first kappa shape index (κ1) is 17.8. The van der Waals surface area contributed by atoms with Crippen molar-refractivity contribution < 1.29 is 19.1 Å². The molecule has 7 heteroatoms. The first-order chi connectivity index (χ1) is 11.1. The molecule has 0 spiro atoms. The number of likely N-dealkylation sites (tertiary alicyclic amines) is 2. The SMILES string of the molecule is CCOC(=O)N1CCC(N2CC(OC(=O)N(CC)CC)C2)CC1. The topological polar surface area (TPSA) is 62.3 Å². The zero-order valence-corrected chi connectivity index (χ0v) is 14.5. The van der Waals surface area contributed by atoms with E-state index in [1.807, 2.05) is 20.8 Å². The molecule has 0 unspecified atom stereocenters. The molecule has 0 N–H and O–H groups in total. The minimum atomic E-state index is -0.211. The largest absolute Gasteiger partial charge is 0.450 e. The molecule has 23 heavy (non-hydrogen) atoms. The standard InChI is InChI=1S/C16H29N3O4/c1-4-17(5-2)16(21)23-14-11-19(12-14)13-7-9-18(10-8-13)15(20)22-6-3/h13-14H,4-12H2,1-3H3. The molecule has 0 aliphatic carbocycles. The second-order valence-electron chi connectivity index (χ2n) is 6.05. The van der Waals surface area contributed by atoms with Gasteiger partial charge in [0.2, 0.25) is 0 Å². The molecule has 2 heterocycles. The number of piperidine rings is 1. The van der Waals surface area contributed by atoms with Gasteiger partial charge in [0, 0.05) is 45.3 Å². The van der Waals surface area contributed by atoms with Gasteiger partial charge in [-0.15, -0.1) is 0 Å². The fourth-order valence-electron chi connectivity index (χ4n) is 3.17. The number of carbonyl (C=O) groups is 2. The Morgan fingerprint density at radius 3 is 2.22 bits per heavy atom. The third kappa shape index (κ3) is 4.50. The Morgan fingerprint density at radius 2 is 1.70 bits per heavy atom. The summed E-state index contributed by atoms with van der Waals surface area (Å²) in [5.41, 5.74) is 0. The average Bonchev–Trinajstić information content (AvgIpc) is 2.52. The van der Waals surface area contributed by atoms with Gasteiger partial charge in [-0.05, 0) is 33.6 Å². The minimum absolute atomic E-state index is 0.00573. The van der Waals surface area contributed by atoms with E-state index in [2.05, 4.69) is 4.90 Å². The lowest BCUT2D eigenvalue weighted by Crippen LogP contribution is -2.60. The molecular weight excluding hydrogens is 298 g/mol. The van der Waals surface area contributed by atoms with Gasteiger partial charge in [-0.25, -0.2) is 9.59 Å². The van der Waals surface area contributed by atoms with Crippen LogP contribution in [-0.2, 0) is 9.47 Å². The lowest BCUT2D eigenvalue weighted by atomic mass is 9.99. The van der Waals surface area contributed by atoms with Gasteiger partial charge in [-0.3, -0.25) is 4.90 Å². The van der Waals surface area contributed by atoms with Gasteiger partial charge in [0.25, 0.3) is 0 Å². The number of nitrogens with zero attached hydrogens (tertiary/aromatic N) is 3. The van der Waals surface area contributed by atoms with Crippen LogP contribution in [0, 0.1) is 0 Å². The number of rotatable bonds is 5. The van der Waals surface area contributed by atoms with Crippen LogP contribution in [0.3, 0.4) is 0 Å². The molecule has 132 valence electrons. The normalized spacial score (nSPS) is 20.0. The number of carbonyl (C=O) groups excluding carboxylic acids is 2. The lowest BCUT2D eigenvalue weighted by Gasteiger charge is -2.46. The fourth-order valence-corrected chi connectivity index (χ4v) is 3.17. The van der Waals surface area contributed by atoms with E-state index in [0.717, 1.165) is 39.0 Å². The summed E-state index contributed by atoms with van der Waals surface area (Å²) in [7, 11) is 0. The highest BCUT2D eigenvalue weighted by molar-refractivity contribution is 5.68. The van der Waals surface area contributed by atoms with Crippen LogP contribution in [0.4, 0.5) is 9.59 Å². The molecule has 0 aromatic rings. The van der Waals surface area contributed by atoms with Crippen molar-refractivity contribution in [1.29, 1.82) is 0 Å². The molecule has 2 rings (SSSR count). The van der Waals surface area contributed by atoms with Crippen molar-refractivity contribution in [2.24, 2.45) is 0 Å². The van der Waals surface area contributed by atoms with Crippen molar-refractivity contribution in [3.63, 3.8) is 0 Å². The molecule has 0 aromatic heterocycles. The Kier molecular flexibility index (Phi) is 6.50. The van der Waals surface area contributed by atoms with Gasteiger partial charge in [0.15, 0.2) is 0 Å². The van der Waals surface area contributed by atoms with Crippen LogP contribution >= 0.6 is 0 Å². The summed E-state index contributed by atoms with van der Waals surface area (Å²) in [5, 5.41) is 0. The number of amides is 2. The number of hydrogen-bond acceptors (Lipinski definition) is 5. The lowest BCUT2D eigenvalue weighted by molar-refractivity contribution is -0.0551. The van der Waals surface area contributed by atoms with Crippen LogP contribution in [0.2, 0.25) is 0 Å². The quantitative estimate of drug-likeness (QED) is 0.770. The van der Waals surface area contributed by atoms with Gasteiger partial charge in [0.05, 0.1) is 6.61 Å². The van der Waals surface area contributed by atoms with E-state index in [4.69, 9.17) is 9.47 Å². The Balaban J connectivity index is 1.66.